The van der Waals surface area contributed by atoms with Gasteiger partial charge in [0.2, 0.25) is 0 Å². The van der Waals surface area contributed by atoms with E-state index in [0.29, 0.717) is 18.6 Å². The van der Waals surface area contributed by atoms with Crippen LogP contribution in [0.1, 0.15) is 31.4 Å². The molecule has 1 aliphatic rings. The summed E-state index contributed by atoms with van der Waals surface area (Å²) in [5, 5.41) is 3.44. The summed E-state index contributed by atoms with van der Waals surface area (Å²) in [6.07, 6.45) is -3.21. The van der Waals surface area contributed by atoms with Gasteiger partial charge in [0.1, 0.15) is 0 Å². The smallest absolute Gasteiger partial charge is 0.311 e. The van der Waals surface area contributed by atoms with Crippen LogP contribution in [-0.2, 0) is 12.7 Å². The van der Waals surface area contributed by atoms with Gasteiger partial charge in [-0.2, -0.15) is 13.2 Å². The third kappa shape index (κ3) is 3.73. The molecule has 0 saturated carbocycles. The molecular formula is C15H21F3N2. The minimum Gasteiger partial charge on any atom is -0.311 e. The fourth-order valence-corrected chi connectivity index (χ4v) is 2.66. The van der Waals surface area contributed by atoms with Crippen LogP contribution in [0.2, 0.25) is 0 Å². The lowest BCUT2D eigenvalue weighted by atomic mass is 10.1. The molecule has 112 valence electrons. The van der Waals surface area contributed by atoms with Crippen LogP contribution in [0.3, 0.4) is 0 Å². The Morgan fingerprint density at radius 1 is 1.25 bits per heavy atom. The molecule has 0 unspecified atom stereocenters. The van der Waals surface area contributed by atoms with Gasteiger partial charge in [-0.25, -0.2) is 0 Å². The molecule has 5 heteroatoms. The van der Waals surface area contributed by atoms with Gasteiger partial charge in [-0.3, -0.25) is 4.90 Å². The lowest BCUT2D eigenvalue weighted by molar-refractivity contribution is -0.137. The van der Waals surface area contributed by atoms with Crippen molar-refractivity contribution in [2.45, 2.75) is 45.1 Å². The van der Waals surface area contributed by atoms with Crippen molar-refractivity contribution in [3.8, 4) is 0 Å². The van der Waals surface area contributed by atoms with Crippen LogP contribution in [0.15, 0.2) is 24.3 Å². The molecule has 1 aromatic rings. The highest BCUT2D eigenvalue weighted by atomic mass is 19.4. The van der Waals surface area contributed by atoms with Gasteiger partial charge in [0.25, 0.3) is 0 Å². The summed E-state index contributed by atoms with van der Waals surface area (Å²) in [6, 6.07) is 6.38. The minimum absolute atomic E-state index is 0.423. The molecular weight excluding hydrogens is 265 g/mol. The quantitative estimate of drug-likeness (QED) is 0.917. The van der Waals surface area contributed by atoms with Crippen LogP contribution in [0.4, 0.5) is 13.2 Å². The Kier molecular flexibility index (Phi) is 4.70. The molecule has 2 atom stereocenters. The maximum Gasteiger partial charge on any atom is 0.416 e. The fourth-order valence-electron chi connectivity index (χ4n) is 2.66. The number of nitrogens with one attached hydrogen (secondary N) is 1. The lowest BCUT2D eigenvalue weighted by Gasteiger charge is -2.39. The van der Waals surface area contributed by atoms with Crippen molar-refractivity contribution in [2.75, 3.05) is 13.1 Å². The second-order valence-electron chi connectivity index (χ2n) is 5.50. The van der Waals surface area contributed by atoms with E-state index in [-0.39, 0.29) is 0 Å². The Morgan fingerprint density at radius 3 is 2.45 bits per heavy atom. The summed E-state index contributed by atoms with van der Waals surface area (Å²) >= 11 is 0. The Bertz CT molecular complexity index is 428. The molecule has 20 heavy (non-hydrogen) atoms. The van der Waals surface area contributed by atoms with Crippen molar-refractivity contribution in [3.05, 3.63) is 35.4 Å². The molecule has 0 aliphatic carbocycles. The molecule has 2 rings (SSSR count). The number of hydrogen-bond donors (Lipinski definition) is 1. The van der Waals surface area contributed by atoms with Crippen molar-refractivity contribution >= 4 is 0 Å². The summed E-state index contributed by atoms with van der Waals surface area (Å²) in [6.45, 7) is 6.86. The van der Waals surface area contributed by atoms with Crippen LogP contribution >= 0.6 is 0 Å². The maximum absolute atomic E-state index is 12.5. The number of halogens is 3. The largest absolute Gasteiger partial charge is 0.416 e. The van der Waals surface area contributed by atoms with Crippen LogP contribution in [0, 0.1) is 0 Å². The zero-order valence-corrected chi connectivity index (χ0v) is 11.9. The van der Waals surface area contributed by atoms with Crippen LogP contribution in [0.25, 0.3) is 0 Å². The summed E-state index contributed by atoms with van der Waals surface area (Å²) < 4.78 is 37.6. The Hall–Kier alpha value is -1.07. The molecule has 1 saturated heterocycles. The topological polar surface area (TPSA) is 15.3 Å². The third-order valence-electron chi connectivity index (χ3n) is 3.86. The van der Waals surface area contributed by atoms with Gasteiger partial charge < -0.3 is 5.32 Å². The molecule has 0 radical (unpaired) electrons. The summed E-state index contributed by atoms with van der Waals surface area (Å²) in [7, 11) is 0. The van der Waals surface area contributed by atoms with Gasteiger partial charge in [-0.15, -0.1) is 0 Å². The van der Waals surface area contributed by atoms with E-state index in [1.807, 2.05) is 0 Å². The van der Waals surface area contributed by atoms with E-state index < -0.39 is 11.7 Å². The number of benzene rings is 1. The molecule has 0 aromatic heterocycles. The van der Waals surface area contributed by atoms with E-state index in [1.54, 1.807) is 12.1 Å². The van der Waals surface area contributed by atoms with Crippen molar-refractivity contribution in [3.63, 3.8) is 0 Å². The number of hydrogen-bond acceptors (Lipinski definition) is 2. The first-order valence-electron chi connectivity index (χ1n) is 7.03. The highest BCUT2D eigenvalue weighted by molar-refractivity contribution is 5.24. The number of piperazine rings is 1. The first-order chi connectivity index (χ1) is 9.40. The van der Waals surface area contributed by atoms with Crippen molar-refractivity contribution in [1.82, 2.24) is 10.2 Å². The second-order valence-corrected chi connectivity index (χ2v) is 5.50. The molecule has 1 aliphatic heterocycles. The highest BCUT2D eigenvalue weighted by Gasteiger charge is 2.30. The summed E-state index contributed by atoms with van der Waals surface area (Å²) in [4.78, 5) is 2.35. The number of alkyl halides is 3. The Morgan fingerprint density at radius 2 is 1.90 bits per heavy atom. The monoisotopic (exact) mass is 286 g/mol. The van der Waals surface area contributed by atoms with E-state index in [9.17, 15) is 13.2 Å². The molecule has 0 spiro atoms. The average Bonchev–Trinajstić information content (AvgIpc) is 2.38. The van der Waals surface area contributed by atoms with E-state index in [0.717, 1.165) is 25.1 Å². The van der Waals surface area contributed by atoms with Crippen molar-refractivity contribution in [1.29, 1.82) is 0 Å². The number of rotatable bonds is 3. The normalized spacial score (nSPS) is 24.9. The molecule has 1 heterocycles. The van der Waals surface area contributed by atoms with Gasteiger partial charge in [0.15, 0.2) is 0 Å². The zero-order valence-electron chi connectivity index (χ0n) is 11.9. The molecule has 0 bridgehead atoms. The molecule has 1 N–H and O–H groups in total. The third-order valence-corrected chi connectivity index (χ3v) is 3.86. The number of nitrogens with zero attached hydrogens (tertiary/aromatic N) is 1. The standard InChI is InChI=1S/C15H21F3N2/c1-3-14-8-19-11(2)9-20(14)10-12-4-6-13(7-5-12)15(16,17)18/h4-7,11,14,19H,3,8-10H2,1-2H3/t11-,14+/m0/s1. The molecule has 2 nitrogen and oxygen atoms in total. The lowest BCUT2D eigenvalue weighted by Crippen LogP contribution is -2.54. The summed E-state index contributed by atoms with van der Waals surface area (Å²) in [5.41, 5.74) is 0.354. The average molecular weight is 286 g/mol. The Balaban J connectivity index is 2.05. The SMILES string of the molecule is CC[C@@H]1CN[C@@H](C)CN1Cc1ccc(C(F)(F)F)cc1. The molecule has 1 aromatic carbocycles. The van der Waals surface area contributed by atoms with E-state index in [2.05, 4.69) is 24.1 Å². The second kappa shape index (κ2) is 6.14. The first-order valence-corrected chi connectivity index (χ1v) is 7.03. The maximum atomic E-state index is 12.5. The van der Waals surface area contributed by atoms with Crippen LogP contribution < -0.4 is 5.32 Å². The first kappa shape index (κ1) is 15.3. The minimum atomic E-state index is -4.26. The zero-order chi connectivity index (χ0) is 14.8. The van der Waals surface area contributed by atoms with E-state index >= 15 is 0 Å². The van der Waals surface area contributed by atoms with Gasteiger partial charge in [-0.05, 0) is 31.0 Å². The molecule has 1 fully saturated rings. The predicted molar refractivity (Wildman–Crippen MR) is 73.4 cm³/mol. The van der Waals surface area contributed by atoms with Crippen molar-refractivity contribution in [2.24, 2.45) is 0 Å². The van der Waals surface area contributed by atoms with Crippen molar-refractivity contribution < 1.29 is 13.2 Å². The van der Waals surface area contributed by atoms with Gasteiger partial charge in [-0.1, -0.05) is 19.1 Å². The predicted octanol–water partition coefficient (Wildman–Crippen LogP) is 3.28. The highest BCUT2D eigenvalue weighted by Crippen LogP contribution is 2.29. The van der Waals surface area contributed by atoms with Gasteiger partial charge in [0.05, 0.1) is 5.56 Å². The van der Waals surface area contributed by atoms with Gasteiger partial charge >= 0.3 is 6.18 Å². The Labute approximate surface area is 118 Å². The van der Waals surface area contributed by atoms with E-state index in [4.69, 9.17) is 0 Å². The van der Waals surface area contributed by atoms with Crippen LogP contribution in [0.5, 0.6) is 0 Å². The summed E-state index contributed by atoms with van der Waals surface area (Å²) in [5.74, 6) is 0. The fraction of sp³-hybridized carbons (Fsp3) is 0.600. The molecule has 0 amide bonds. The van der Waals surface area contributed by atoms with Crippen LogP contribution in [-0.4, -0.2) is 30.1 Å². The van der Waals surface area contributed by atoms with Gasteiger partial charge in [0, 0.05) is 31.7 Å². The van der Waals surface area contributed by atoms with E-state index in [1.165, 1.54) is 12.1 Å².